The lowest BCUT2D eigenvalue weighted by Gasteiger charge is -2.24. The molecular formula is C19H22F3N3O2S. The van der Waals surface area contributed by atoms with Crippen molar-refractivity contribution in [3.8, 4) is 11.4 Å². The predicted molar refractivity (Wildman–Crippen MR) is 101 cm³/mol. The third-order valence-corrected chi connectivity index (χ3v) is 5.82. The minimum Gasteiger partial charge on any atom is -0.352 e. The number of aromatic nitrogens is 2. The Morgan fingerprint density at radius 1 is 1.32 bits per heavy atom. The second-order valence-electron chi connectivity index (χ2n) is 6.89. The van der Waals surface area contributed by atoms with Crippen molar-refractivity contribution < 1.29 is 22.5 Å². The van der Waals surface area contributed by atoms with Gasteiger partial charge in [0.15, 0.2) is 0 Å². The molecule has 28 heavy (non-hydrogen) atoms. The predicted octanol–water partition coefficient (Wildman–Crippen LogP) is 4.83. The molecule has 1 amide bonds. The number of nitrogens with one attached hydrogen (secondary N) is 1. The van der Waals surface area contributed by atoms with Crippen LogP contribution in [0.15, 0.2) is 28.8 Å². The fourth-order valence-corrected chi connectivity index (χ4v) is 3.83. The first-order valence-corrected chi connectivity index (χ1v) is 10.3. The van der Waals surface area contributed by atoms with Gasteiger partial charge in [-0.05, 0) is 31.9 Å². The lowest BCUT2D eigenvalue weighted by molar-refractivity contribution is -0.137. The normalized spacial score (nSPS) is 16.7. The van der Waals surface area contributed by atoms with Gasteiger partial charge in [0.05, 0.1) is 16.6 Å². The summed E-state index contributed by atoms with van der Waals surface area (Å²) in [6, 6.07) is 5.03. The van der Waals surface area contributed by atoms with Gasteiger partial charge in [-0.1, -0.05) is 36.6 Å². The largest absolute Gasteiger partial charge is 0.416 e. The highest BCUT2D eigenvalue weighted by Gasteiger charge is 2.30. The molecule has 3 rings (SSSR count). The van der Waals surface area contributed by atoms with Gasteiger partial charge in [0.25, 0.3) is 0 Å². The second kappa shape index (κ2) is 8.98. The van der Waals surface area contributed by atoms with E-state index < -0.39 is 11.7 Å². The highest BCUT2D eigenvalue weighted by molar-refractivity contribution is 7.99. The number of alkyl halides is 3. The molecule has 1 fully saturated rings. The molecule has 1 N–H and O–H groups in total. The van der Waals surface area contributed by atoms with Crippen LogP contribution in [0.4, 0.5) is 13.2 Å². The van der Waals surface area contributed by atoms with Gasteiger partial charge in [-0.25, -0.2) is 0 Å². The summed E-state index contributed by atoms with van der Waals surface area (Å²) in [5, 5.41) is 6.55. The van der Waals surface area contributed by atoms with Gasteiger partial charge < -0.3 is 9.84 Å². The number of hydrogen-bond acceptors (Lipinski definition) is 5. The summed E-state index contributed by atoms with van der Waals surface area (Å²) in [6.45, 7) is 1.81. The standard InChI is InChI=1S/C19H22F3N3O2S/c1-12(18(26)23-15-8-3-2-4-9-15)28-11-16-24-17(25-27-16)13-6-5-7-14(10-13)19(20,21)22/h5-7,10,12,15H,2-4,8-9,11H2,1H3,(H,23,26). The minimum atomic E-state index is -4.43. The zero-order valence-electron chi connectivity index (χ0n) is 15.5. The van der Waals surface area contributed by atoms with Crippen molar-refractivity contribution in [1.82, 2.24) is 15.5 Å². The molecule has 0 spiro atoms. The number of halogens is 3. The van der Waals surface area contributed by atoms with Crippen LogP contribution in [0.5, 0.6) is 0 Å². The van der Waals surface area contributed by atoms with Crippen molar-refractivity contribution in [2.24, 2.45) is 0 Å². The molecule has 1 atom stereocenters. The summed E-state index contributed by atoms with van der Waals surface area (Å²) in [6.07, 6.45) is 1.13. The highest BCUT2D eigenvalue weighted by Crippen LogP contribution is 2.31. The molecule has 0 bridgehead atoms. The number of rotatable bonds is 6. The van der Waals surface area contributed by atoms with Crippen LogP contribution in [0.3, 0.4) is 0 Å². The van der Waals surface area contributed by atoms with E-state index >= 15 is 0 Å². The van der Waals surface area contributed by atoms with Gasteiger partial charge in [0.1, 0.15) is 0 Å². The van der Waals surface area contributed by atoms with E-state index in [1.807, 2.05) is 6.92 Å². The Balaban J connectivity index is 1.55. The highest BCUT2D eigenvalue weighted by atomic mass is 32.2. The second-order valence-corrected chi connectivity index (χ2v) is 8.22. The summed E-state index contributed by atoms with van der Waals surface area (Å²) in [4.78, 5) is 16.4. The molecule has 0 saturated heterocycles. The molecule has 1 aromatic carbocycles. The van der Waals surface area contributed by atoms with E-state index in [1.165, 1.54) is 30.3 Å². The van der Waals surface area contributed by atoms with Crippen LogP contribution >= 0.6 is 11.8 Å². The molecule has 1 heterocycles. The zero-order valence-corrected chi connectivity index (χ0v) is 16.3. The number of thioether (sulfide) groups is 1. The van der Waals surface area contributed by atoms with Gasteiger partial charge in [0, 0.05) is 11.6 Å². The zero-order chi connectivity index (χ0) is 20.1. The Bertz CT molecular complexity index is 804. The Morgan fingerprint density at radius 2 is 2.07 bits per heavy atom. The van der Waals surface area contributed by atoms with Gasteiger partial charge in [0.2, 0.25) is 17.6 Å². The molecule has 2 aromatic rings. The lowest BCUT2D eigenvalue weighted by atomic mass is 9.95. The average Bonchev–Trinajstić information content (AvgIpc) is 3.15. The summed E-state index contributed by atoms with van der Waals surface area (Å²) >= 11 is 1.35. The molecule has 9 heteroatoms. The molecule has 1 aromatic heterocycles. The third-order valence-electron chi connectivity index (χ3n) is 4.69. The van der Waals surface area contributed by atoms with E-state index in [2.05, 4.69) is 15.5 Å². The molecule has 0 aliphatic heterocycles. The number of amides is 1. The van der Waals surface area contributed by atoms with Crippen molar-refractivity contribution in [3.63, 3.8) is 0 Å². The molecule has 0 radical (unpaired) electrons. The van der Waals surface area contributed by atoms with Crippen LogP contribution in [0.1, 0.15) is 50.5 Å². The minimum absolute atomic E-state index is 0.0190. The Labute approximate surface area is 165 Å². The monoisotopic (exact) mass is 413 g/mol. The van der Waals surface area contributed by atoms with Crippen molar-refractivity contribution in [3.05, 3.63) is 35.7 Å². The molecular weight excluding hydrogens is 391 g/mol. The third kappa shape index (κ3) is 5.50. The summed E-state index contributed by atoms with van der Waals surface area (Å²) in [7, 11) is 0. The fraction of sp³-hybridized carbons (Fsp3) is 0.526. The van der Waals surface area contributed by atoms with Gasteiger partial charge >= 0.3 is 6.18 Å². The molecule has 152 valence electrons. The van der Waals surface area contributed by atoms with Gasteiger partial charge in [-0.15, -0.1) is 11.8 Å². The maximum absolute atomic E-state index is 12.8. The number of nitrogens with zero attached hydrogens (tertiary/aromatic N) is 2. The Morgan fingerprint density at radius 3 is 2.79 bits per heavy atom. The van der Waals surface area contributed by atoms with E-state index in [-0.39, 0.29) is 34.5 Å². The van der Waals surface area contributed by atoms with E-state index in [1.54, 1.807) is 0 Å². The van der Waals surface area contributed by atoms with E-state index in [4.69, 9.17) is 4.52 Å². The van der Waals surface area contributed by atoms with Crippen LogP contribution in [-0.4, -0.2) is 27.3 Å². The van der Waals surface area contributed by atoms with Crippen LogP contribution in [0.25, 0.3) is 11.4 Å². The number of hydrogen-bond donors (Lipinski definition) is 1. The quantitative estimate of drug-likeness (QED) is 0.735. The summed E-state index contributed by atoms with van der Waals surface area (Å²) in [5.41, 5.74) is -0.531. The van der Waals surface area contributed by atoms with E-state index in [9.17, 15) is 18.0 Å². The van der Waals surface area contributed by atoms with Crippen molar-refractivity contribution in [2.75, 3.05) is 0 Å². The Hall–Kier alpha value is -2.03. The van der Waals surface area contributed by atoms with Crippen molar-refractivity contribution in [2.45, 2.75) is 62.2 Å². The van der Waals surface area contributed by atoms with Crippen LogP contribution in [0, 0.1) is 0 Å². The van der Waals surface area contributed by atoms with Crippen molar-refractivity contribution >= 4 is 17.7 Å². The van der Waals surface area contributed by atoms with Crippen LogP contribution < -0.4 is 5.32 Å². The van der Waals surface area contributed by atoms with Gasteiger partial charge in [-0.2, -0.15) is 18.2 Å². The number of benzene rings is 1. The summed E-state index contributed by atoms with van der Waals surface area (Å²) < 4.78 is 43.6. The van der Waals surface area contributed by atoms with E-state index in [0.717, 1.165) is 37.8 Å². The topological polar surface area (TPSA) is 68.0 Å². The SMILES string of the molecule is CC(SCc1nc(-c2cccc(C(F)(F)F)c2)no1)C(=O)NC1CCCCC1. The lowest BCUT2D eigenvalue weighted by Crippen LogP contribution is -2.40. The summed E-state index contributed by atoms with van der Waals surface area (Å²) in [5.74, 6) is 0.663. The molecule has 5 nitrogen and oxygen atoms in total. The van der Waals surface area contributed by atoms with Crippen LogP contribution in [0.2, 0.25) is 0 Å². The molecule has 1 aliphatic carbocycles. The first-order chi connectivity index (χ1) is 13.3. The van der Waals surface area contributed by atoms with Crippen LogP contribution in [-0.2, 0) is 16.7 Å². The first kappa shape index (κ1) is 20.7. The maximum atomic E-state index is 12.8. The van der Waals surface area contributed by atoms with Crippen molar-refractivity contribution in [1.29, 1.82) is 0 Å². The van der Waals surface area contributed by atoms with Gasteiger partial charge in [-0.3, -0.25) is 4.79 Å². The average molecular weight is 413 g/mol. The fourth-order valence-electron chi connectivity index (χ4n) is 3.10. The first-order valence-electron chi connectivity index (χ1n) is 9.25. The number of carbonyl (C=O) groups is 1. The Kier molecular flexibility index (Phi) is 6.64. The molecule has 1 aliphatic rings. The molecule has 1 unspecified atom stereocenters. The number of carbonyl (C=O) groups excluding carboxylic acids is 1. The molecule has 1 saturated carbocycles. The maximum Gasteiger partial charge on any atom is 0.416 e. The van der Waals surface area contributed by atoms with E-state index in [0.29, 0.717) is 5.75 Å². The smallest absolute Gasteiger partial charge is 0.352 e.